The number of nitrogens with one attached hydrogen (secondary N) is 1. The SMILES string of the molecule is CC[C@@H](C(=O)NC1CCCC1)N(Cc1ccc(Cl)cc1)C(=O)CSc1ccc(C)cc1. The van der Waals surface area contributed by atoms with E-state index >= 15 is 0 Å². The van der Waals surface area contributed by atoms with Crippen LogP contribution in [-0.2, 0) is 16.1 Å². The van der Waals surface area contributed by atoms with Crippen molar-refractivity contribution in [1.82, 2.24) is 10.2 Å². The molecule has 1 aliphatic carbocycles. The summed E-state index contributed by atoms with van der Waals surface area (Å²) in [5.74, 6) is 0.218. The molecule has 4 nitrogen and oxygen atoms in total. The first kappa shape index (κ1) is 23.7. The molecule has 2 aromatic carbocycles. The number of hydrogen-bond donors (Lipinski definition) is 1. The van der Waals surface area contributed by atoms with Crippen LogP contribution in [0.2, 0.25) is 5.02 Å². The number of benzene rings is 2. The van der Waals surface area contributed by atoms with Crippen LogP contribution in [0.25, 0.3) is 0 Å². The molecule has 1 saturated carbocycles. The maximum atomic E-state index is 13.3. The highest BCUT2D eigenvalue weighted by molar-refractivity contribution is 8.00. The zero-order valence-corrected chi connectivity index (χ0v) is 19.8. The Bertz CT molecular complexity index is 864. The number of thioether (sulfide) groups is 1. The van der Waals surface area contributed by atoms with Gasteiger partial charge in [0.1, 0.15) is 6.04 Å². The van der Waals surface area contributed by atoms with Crippen molar-refractivity contribution in [2.24, 2.45) is 0 Å². The van der Waals surface area contributed by atoms with Crippen LogP contribution in [0.5, 0.6) is 0 Å². The number of carbonyl (C=O) groups excluding carboxylic acids is 2. The summed E-state index contributed by atoms with van der Waals surface area (Å²) in [5.41, 5.74) is 2.15. The zero-order valence-electron chi connectivity index (χ0n) is 18.3. The Labute approximate surface area is 194 Å². The number of rotatable bonds is 9. The van der Waals surface area contributed by atoms with Crippen LogP contribution >= 0.6 is 23.4 Å². The smallest absolute Gasteiger partial charge is 0.243 e. The van der Waals surface area contributed by atoms with Gasteiger partial charge < -0.3 is 10.2 Å². The van der Waals surface area contributed by atoms with Gasteiger partial charge in [-0.15, -0.1) is 11.8 Å². The standard InChI is InChI=1S/C25H31ClN2O2S/c1-3-23(25(30)27-21-6-4-5-7-21)28(16-19-10-12-20(26)13-11-19)24(29)17-31-22-14-8-18(2)9-15-22/h8-15,21,23H,3-7,16-17H2,1-2H3,(H,27,30)/t23-/m0/s1. The van der Waals surface area contributed by atoms with E-state index in [9.17, 15) is 9.59 Å². The molecule has 3 rings (SSSR count). The van der Waals surface area contributed by atoms with E-state index in [1.807, 2.05) is 62.4 Å². The van der Waals surface area contributed by atoms with Crippen molar-refractivity contribution in [3.63, 3.8) is 0 Å². The summed E-state index contributed by atoms with van der Waals surface area (Å²) in [6, 6.07) is 15.4. The largest absolute Gasteiger partial charge is 0.352 e. The maximum Gasteiger partial charge on any atom is 0.243 e. The third-order valence-corrected chi connectivity index (χ3v) is 6.99. The van der Waals surface area contributed by atoms with Crippen LogP contribution in [0.1, 0.15) is 50.2 Å². The Morgan fingerprint density at radius 2 is 1.74 bits per heavy atom. The summed E-state index contributed by atoms with van der Waals surface area (Å²) in [5, 5.41) is 3.83. The number of carbonyl (C=O) groups is 2. The molecule has 0 aliphatic heterocycles. The minimum absolute atomic E-state index is 0.0334. The second-order valence-electron chi connectivity index (χ2n) is 8.16. The van der Waals surface area contributed by atoms with Gasteiger partial charge in [0.05, 0.1) is 5.75 Å². The number of hydrogen-bond acceptors (Lipinski definition) is 3. The first-order chi connectivity index (χ1) is 15.0. The third kappa shape index (κ3) is 7.01. The van der Waals surface area contributed by atoms with Gasteiger partial charge in [-0.3, -0.25) is 9.59 Å². The molecule has 166 valence electrons. The number of halogens is 1. The summed E-state index contributed by atoms with van der Waals surface area (Å²) in [4.78, 5) is 29.2. The summed E-state index contributed by atoms with van der Waals surface area (Å²) in [6.07, 6.45) is 4.94. The molecule has 2 amide bonds. The topological polar surface area (TPSA) is 49.4 Å². The van der Waals surface area contributed by atoms with Gasteiger partial charge in [-0.25, -0.2) is 0 Å². The monoisotopic (exact) mass is 458 g/mol. The third-order valence-electron chi connectivity index (χ3n) is 5.74. The first-order valence-electron chi connectivity index (χ1n) is 11.0. The lowest BCUT2D eigenvalue weighted by Gasteiger charge is -2.31. The fourth-order valence-corrected chi connectivity index (χ4v) is 4.85. The van der Waals surface area contributed by atoms with E-state index in [4.69, 9.17) is 11.6 Å². The average molecular weight is 459 g/mol. The lowest BCUT2D eigenvalue weighted by molar-refractivity contribution is -0.139. The molecule has 0 bridgehead atoms. The highest BCUT2D eigenvalue weighted by Crippen LogP contribution is 2.22. The Morgan fingerprint density at radius 1 is 1.10 bits per heavy atom. The number of aryl methyl sites for hydroxylation is 1. The normalized spacial score (nSPS) is 14.9. The van der Waals surface area contributed by atoms with E-state index in [1.165, 1.54) is 17.3 Å². The molecule has 6 heteroatoms. The summed E-state index contributed by atoms with van der Waals surface area (Å²) < 4.78 is 0. The minimum atomic E-state index is -0.484. The zero-order chi connectivity index (χ0) is 22.2. The summed E-state index contributed by atoms with van der Waals surface area (Å²) >= 11 is 7.53. The van der Waals surface area contributed by atoms with Gasteiger partial charge in [0.25, 0.3) is 0 Å². The first-order valence-corrected chi connectivity index (χ1v) is 12.4. The van der Waals surface area contributed by atoms with Gasteiger partial charge >= 0.3 is 0 Å². The van der Waals surface area contributed by atoms with Crippen molar-refractivity contribution in [1.29, 1.82) is 0 Å². The Morgan fingerprint density at radius 3 is 2.35 bits per heavy atom. The van der Waals surface area contributed by atoms with Crippen molar-refractivity contribution in [2.75, 3.05) is 5.75 Å². The molecule has 0 radical (unpaired) electrons. The lowest BCUT2D eigenvalue weighted by Crippen LogP contribution is -2.51. The highest BCUT2D eigenvalue weighted by Gasteiger charge is 2.30. The predicted octanol–water partition coefficient (Wildman–Crippen LogP) is 5.61. The minimum Gasteiger partial charge on any atom is -0.352 e. The van der Waals surface area contributed by atoms with E-state index in [-0.39, 0.29) is 17.9 Å². The maximum absolute atomic E-state index is 13.3. The van der Waals surface area contributed by atoms with Gasteiger partial charge in [0.2, 0.25) is 11.8 Å². The second kappa shape index (κ2) is 11.6. The highest BCUT2D eigenvalue weighted by atomic mass is 35.5. The molecule has 0 aromatic heterocycles. The van der Waals surface area contributed by atoms with E-state index < -0.39 is 6.04 Å². The van der Waals surface area contributed by atoms with Crippen molar-refractivity contribution in [3.05, 3.63) is 64.7 Å². The van der Waals surface area contributed by atoms with Crippen molar-refractivity contribution >= 4 is 35.2 Å². The molecule has 0 unspecified atom stereocenters. The fraction of sp³-hybridized carbons (Fsp3) is 0.440. The van der Waals surface area contributed by atoms with Crippen LogP contribution in [0.15, 0.2) is 53.4 Å². The Kier molecular flexibility index (Phi) is 8.85. The molecule has 2 aromatic rings. The van der Waals surface area contributed by atoms with E-state index in [2.05, 4.69) is 5.32 Å². The van der Waals surface area contributed by atoms with Crippen molar-refractivity contribution in [2.45, 2.75) is 69.5 Å². The van der Waals surface area contributed by atoms with Crippen molar-refractivity contribution < 1.29 is 9.59 Å². The predicted molar refractivity (Wildman–Crippen MR) is 128 cm³/mol. The molecule has 1 atom stereocenters. The summed E-state index contributed by atoms with van der Waals surface area (Å²) in [7, 11) is 0. The van der Waals surface area contributed by atoms with Crippen LogP contribution < -0.4 is 5.32 Å². The Balaban J connectivity index is 1.74. The van der Waals surface area contributed by atoms with Gasteiger partial charge in [-0.2, -0.15) is 0 Å². The fourth-order valence-electron chi connectivity index (χ4n) is 3.94. The van der Waals surface area contributed by atoms with Gasteiger partial charge in [-0.1, -0.05) is 61.2 Å². The average Bonchev–Trinajstić information content (AvgIpc) is 3.27. The van der Waals surface area contributed by atoms with Crippen LogP contribution in [-0.4, -0.2) is 34.6 Å². The van der Waals surface area contributed by atoms with E-state index in [0.29, 0.717) is 23.7 Å². The number of amides is 2. The number of nitrogens with zero attached hydrogens (tertiary/aromatic N) is 1. The molecular formula is C25H31ClN2O2S. The van der Waals surface area contributed by atoms with Crippen LogP contribution in [0, 0.1) is 6.92 Å². The molecule has 31 heavy (non-hydrogen) atoms. The molecule has 1 N–H and O–H groups in total. The van der Waals surface area contributed by atoms with Gasteiger partial charge in [-0.05, 0) is 56.0 Å². The molecular weight excluding hydrogens is 428 g/mol. The Hall–Kier alpha value is -1.98. The van der Waals surface area contributed by atoms with Crippen LogP contribution in [0.3, 0.4) is 0 Å². The summed E-state index contributed by atoms with van der Waals surface area (Å²) in [6.45, 7) is 4.40. The van der Waals surface area contributed by atoms with Crippen molar-refractivity contribution in [3.8, 4) is 0 Å². The lowest BCUT2D eigenvalue weighted by atomic mass is 10.1. The molecule has 1 aliphatic rings. The van der Waals surface area contributed by atoms with Gasteiger partial charge in [0, 0.05) is 22.5 Å². The molecule has 0 spiro atoms. The van der Waals surface area contributed by atoms with E-state index in [0.717, 1.165) is 36.1 Å². The van der Waals surface area contributed by atoms with Gasteiger partial charge in [0.15, 0.2) is 0 Å². The molecule has 0 heterocycles. The second-order valence-corrected chi connectivity index (χ2v) is 9.65. The van der Waals surface area contributed by atoms with E-state index in [1.54, 1.807) is 4.90 Å². The molecule has 0 saturated heterocycles. The van der Waals surface area contributed by atoms with Crippen LogP contribution in [0.4, 0.5) is 0 Å². The molecule has 1 fully saturated rings. The quantitative estimate of drug-likeness (QED) is 0.497.